The normalized spacial score (nSPS) is 10.6. The maximum absolute atomic E-state index is 12.5. The van der Waals surface area contributed by atoms with Gasteiger partial charge in [0.1, 0.15) is 5.75 Å². The first-order valence-electron chi connectivity index (χ1n) is 8.02. The Labute approximate surface area is 150 Å². The van der Waals surface area contributed by atoms with E-state index in [-0.39, 0.29) is 12.5 Å². The maximum Gasteiger partial charge on any atom is 0.254 e. The second-order valence-electron chi connectivity index (χ2n) is 5.52. The van der Waals surface area contributed by atoms with E-state index in [2.05, 4.69) is 10.1 Å². The van der Waals surface area contributed by atoms with Crippen LogP contribution in [-0.2, 0) is 6.54 Å². The van der Waals surface area contributed by atoms with E-state index in [1.165, 1.54) is 0 Å². The lowest BCUT2D eigenvalue weighted by atomic mass is 10.2. The van der Waals surface area contributed by atoms with Crippen LogP contribution in [0.25, 0.3) is 10.7 Å². The molecule has 2 heterocycles. The first kappa shape index (κ1) is 17.2. The van der Waals surface area contributed by atoms with E-state index in [9.17, 15) is 4.79 Å². The molecule has 0 saturated heterocycles. The van der Waals surface area contributed by atoms with Crippen molar-refractivity contribution >= 4 is 17.2 Å². The Morgan fingerprint density at radius 3 is 2.76 bits per heavy atom. The van der Waals surface area contributed by atoms with Gasteiger partial charge in [-0.2, -0.15) is 4.98 Å². The van der Waals surface area contributed by atoms with Crippen LogP contribution in [0.4, 0.5) is 0 Å². The average molecular weight is 357 g/mol. The van der Waals surface area contributed by atoms with Crippen molar-refractivity contribution in [3.05, 3.63) is 53.2 Å². The third kappa shape index (κ3) is 4.24. The van der Waals surface area contributed by atoms with Crippen molar-refractivity contribution in [1.82, 2.24) is 15.0 Å². The molecule has 3 aromatic rings. The quantitative estimate of drug-likeness (QED) is 0.642. The number of benzene rings is 1. The van der Waals surface area contributed by atoms with Crippen molar-refractivity contribution in [2.24, 2.45) is 0 Å². The second kappa shape index (κ2) is 7.94. The van der Waals surface area contributed by atoms with Gasteiger partial charge in [-0.1, -0.05) is 18.1 Å². The number of nitrogens with zero attached hydrogens (tertiary/aromatic N) is 3. The summed E-state index contributed by atoms with van der Waals surface area (Å²) in [6.45, 7) is 2.97. The third-order valence-corrected chi connectivity index (χ3v) is 4.37. The van der Waals surface area contributed by atoms with Crippen LogP contribution in [0.5, 0.6) is 5.75 Å². The fraction of sp³-hybridized carbons (Fsp3) is 0.278. The molecule has 0 atom stereocenters. The number of ether oxygens (including phenoxy) is 1. The highest BCUT2D eigenvalue weighted by atomic mass is 32.1. The molecule has 0 unspecified atom stereocenters. The van der Waals surface area contributed by atoms with E-state index >= 15 is 0 Å². The van der Waals surface area contributed by atoms with Crippen LogP contribution in [-0.4, -0.2) is 34.6 Å². The van der Waals surface area contributed by atoms with Crippen molar-refractivity contribution in [3.63, 3.8) is 0 Å². The number of aromatic nitrogens is 2. The summed E-state index contributed by atoms with van der Waals surface area (Å²) < 4.78 is 10.8. The first-order chi connectivity index (χ1) is 12.2. The summed E-state index contributed by atoms with van der Waals surface area (Å²) in [5.41, 5.74) is 0.587. The molecule has 0 aliphatic carbocycles. The third-order valence-electron chi connectivity index (χ3n) is 3.50. The predicted molar refractivity (Wildman–Crippen MR) is 95.6 cm³/mol. The summed E-state index contributed by atoms with van der Waals surface area (Å²) in [4.78, 5) is 19.3. The topological polar surface area (TPSA) is 68.5 Å². The molecule has 6 nitrogen and oxygen atoms in total. The second-order valence-corrected chi connectivity index (χ2v) is 6.47. The molecule has 2 aromatic heterocycles. The molecule has 0 radical (unpaired) electrons. The average Bonchev–Trinajstić information content (AvgIpc) is 3.31. The Morgan fingerprint density at radius 1 is 1.28 bits per heavy atom. The number of rotatable bonds is 7. The van der Waals surface area contributed by atoms with E-state index in [1.54, 1.807) is 47.5 Å². The van der Waals surface area contributed by atoms with Gasteiger partial charge in [-0.25, -0.2) is 0 Å². The highest BCUT2D eigenvalue weighted by molar-refractivity contribution is 7.13. The van der Waals surface area contributed by atoms with Crippen LogP contribution in [0.2, 0.25) is 0 Å². The van der Waals surface area contributed by atoms with Gasteiger partial charge in [0.05, 0.1) is 18.0 Å². The number of hydrogen-bond donors (Lipinski definition) is 0. The molecule has 1 amide bonds. The molecule has 7 heteroatoms. The van der Waals surface area contributed by atoms with E-state index in [1.807, 2.05) is 24.4 Å². The van der Waals surface area contributed by atoms with E-state index in [4.69, 9.17) is 9.26 Å². The van der Waals surface area contributed by atoms with Crippen molar-refractivity contribution < 1.29 is 14.1 Å². The van der Waals surface area contributed by atoms with Gasteiger partial charge in [-0.15, -0.1) is 11.3 Å². The van der Waals surface area contributed by atoms with Crippen LogP contribution in [0, 0.1) is 0 Å². The van der Waals surface area contributed by atoms with Gasteiger partial charge in [0.25, 0.3) is 5.91 Å². The summed E-state index contributed by atoms with van der Waals surface area (Å²) in [5.74, 6) is 1.60. The summed E-state index contributed by atoms with van der Waals surface area (Å²) in [6.07, 6.45) is 0.945. The minimum atomic E-state index is -0.113. The van der Waals surface area contributed by atoms with Crippen molar-refractivity contribution in [1.29, 1.82) is 0 Å². The number of hydrogen-bond acceptors (Lipinski definition) is 6. The zero-order valence-electron chi connectivity index (χ0n) is 14.1. The number of thiophene rings is 1. The molecular weight excluding hydrogens is 338 g/mol. The first-order valence-corrected chi connectivity index (χ1v) is 8.90. The molecule has 0 spiro atoms. The lowest BCUT2D eigenvalue weighted by molar-refractivity contribution is 0.0769. The van der Waals surface area contributed by atoms with E-state index in [0.29, 0.717) is 23.9 Å². The van der Waals surface area contributed by atoms with Crippen molar-refractivity contribution in [3.8, 4) is 16.5 Å². The molecule has 0 fully saturated rings. The zero-order chi connectivity index (χ0) is 17.6. The van der Waals surface area contributed by atoms with Crippen LogP contribution in [0.3, 0.4) is 0 Å². The summed E-state index contributed by atoms with van der Waals surface area (Å²) in [6, 6.07) is 11.0. The highest BCUT2D eigenvalue weighted by Gasteiger charge is 2.16. The molecule has 0 aliphatic rings. The fourth-order valence-corrected chi connectivity index (χ4v) is 2.88. The zero-order valence-corrected chi connectivity index (χ0v) is 15.0. The van der Waals surface area contributed by atoms with Crippen LogP contribution >= 0.6 is 11.3 Å². The van der Waals surface area contributed by atoms with Crippen LogP contribution in [0.15, 0.2) is 46.3 Å². The van der Waals surface area contributed by atoms with Gasteiger partial charge in [0.15, 0.2) is 0 Å². The summed E-state index contributed by atoms with van der Waals surface area (Å²) >= 11 is 1.54. The van der Waals surface area contributed by atoms with Gasteiger partial charge in [-0.3, -0.25) is 4.79 Å². The molecule has 25 heavy (non-hydrogen) atoms. The largest absolute Gasteiger partial charge is 0.494 e. The van der Waals surface area contributed by atoms with Gasteiger partial charge < -0.3 is 14.2 Å². The number of carbonyl (C=O) groups is 1. The molecule has 1 aromatic carbocycles. The standard InChI is InChI=1S/C18H19N3O3S/c1-3-10-23-14-8-6-13(7-9-14)18(22)21(2)12-16-19-17(20-24-16)15-5-4-11-25-15/h4-9,11H,3,10,12H2,1-2H3. The molecule has 0 bridgehead atoms. The summed E-state index contributed by atoms with van der Waals surface area (Å²) in [5, 5.41) is 5.91. The van der Waals surface area contributed by atoms with Crippen molar-refractivity contribution in [2.75, 3.05) is 13.7 Å². The van der Waals surface area contributed by atoms with Gasteiger partial charge >= 0.3 is 0 Å². The van der Waals surface area contributed by atoms with Gasteiger partial charge in [0.2, 0.25) is 11.7 Å². The van der Waals surface area contributed by atoms with E-state index < -0.39 is 0 Å². The molecule has 0 saturated carbocycles. The van der Waals surface area contributed by atoms with Crippen molar-refractivity contribution in [2.45, 2.75) is 19.9 Å². The molecular formula is C18H19N3O3S. The monoisotopic (exact) mass is 357 g/mol. The molecule has 3 rings (SSSR count). The lowest BCUT2D eigenvalue weighted by Crippen LogP contribution is -2.26. The SMILES string of the molecule is CCCOc1ccc(C(=O)N(C)Cc2nc(-c3cccs3)no2)cc1. The Balaban J connectivity index is 1.62. The Hall–Kier alpha value is -2.67. The van der Waals surface area contributed by atoms with Crippen LogP contribution in [0.1, 0.15) is 29.6 Å². The van der Waals surface area contributed by atoms with Gasteiger partial charge in [-0.05, 0) is 42.1 Å². The minimum Gasteiger partial charge on any atom is -0.494 e. The molecule has 130 valence electrons. The van der Waals surface area contributed by atoms with E-state index in [0.717, 1.165) is 17.0 Å². The Bertz CT molecular complexity index is 812. The molecule has 0 N–H and O–H groups in total. The number of amides is 1. The fourth-order valence-electron chi connectivity index (χ4n) is 2.23. The lowest BCUT2D eigenvalue weighted by Gasteiger charge is -2.15. The predicted octanol–water partition coefficient (Wildman–Crippen LogP) is 3.86. The molecule has 0 aliphatic heterocycles. The smallest absolute Gasteiger partial charge is 0.254 e. The summed E-state index contributed by atoms with van der Waals surface area (Å²) in [7, 11) is 1.71. The Morgan fingerprint density at radius 2 is 2.08 bits per heavy atom. The highest BCUT2D eigenvalue weighted by Crippen LogP contribution is 2.21. The maximum atomic E-state index is 12.5. The van der Waals surface area contributed by atoms with Gasteiger partial charge in [0, 0.05) is 12.6 Å². The van der Waals surface area contributed by atoms with Crippen LogP contribution < -0.4 is 4.74 Å². The number of carbonyl (C=O) groups excluding carboxylic acids is 1. The minimum absolute atomic E-state index is 0.113. The Kier molecular flexibility index (Phi) is 5.45.